The van der Waals surface area contributed by atoms with E-state index in [4.69, 9.17) is 4.74 Å². The van der Waals surface area contributed by atoms with Crippen molar-refractivity contribution in [3.63, 3.8) is 0 Å². The van der Waals surface area contributed by atoms with E-state index >= 15 is 0 Å². The molecule has 0 spiro atoms. The smallest absolute Gasteiger partial charge is 0.311 e. The van der Waals surface area contributed by atoms with Crippen LogP contribution in [0.25, 0.3) is 0 Å². The average molecular weight is 396 g/mol. The fourth-order valence-electron chi connectivity index (χ4n) is 2.91. The van der Waals surface area contributed by atoms with Gasteiger partial charge in [-0.25, -0.2) is 0 Å². The maximum atomic E-state index is 12.9. The molecule has 0 saturated carbocycles. The van der Waals surface area contributed by atoms with Crippen LogP contribution in [0.5, 0.6) is 5.75 Å². The SMILES string of the molecule is CCc1ccc([C@H](NC(=O)c2ccc(OC)c([N+](=O)[O-])c2)c2cccs2)cc1. The van der Waals surface area contributed by atoms with Crippen LogP contribution in [0.15, 0.2) is 60.0 Å². The molecule has 0 aliphatic carbocycles. The summed E-state index contributed by atoms with van der Waals surface area (Å²) in [7, 11) is 1.36. The molecule has 0 unspecified atom stereocenters. The van der Waals surface area contributed by atoms with Gasteiger partial charge in [0.25, 0.3) is 5.91 Å². The number of nitrogens with one attached hydrogen (secondary N) is 1. The third kappa shape index (κ3) is 4.20. The van der Waals surface area contributed by atoms with Crippen molar-refractivity contribution in [2.45, 2.75) is 19.4 Å². The second kappa shape index (κ2) is 8.67. The normalized spacial score (nSPS) is 11.6. The second-order valence-corrected chi connectivity index (χ2v) is 7.14. The van der Waals surface area contributed by atoms with E-state index in [1.165, 1.54) is 30.9 Å². The lowest BCUT2D eigenvalue weighted by atomic mass is 10.0. The van der Waals surface area contributed by atoms with Crippen LogP contribution in [0.2, 0.25) is 0 Å². The van der Waals surface area contributed by atoms with Gasteiger partial charge in [0.1, 0.15) is 0 Å². The number of ether oxygens (including phenoxy) is 1. The largest absolute Gasteiger partial charge is 0.490 e. The molecule has 1 aromatic heterocycles. The highest BCUT2D eigenvalue weighted by Gasteiger charge is 2.22. The Morgan fingerprint density at radius 1 is 1.21 bits per heavy atom. The summed E-state index contributed by atoms with van der Waals surface area (Å²) in [4.78, 5) is 24.5. The summed E-state index contributed by atoms with van der Waals surface area (Å²) in [6, 6.07) is 15.8. The number of nitrogens with zero attached hydrogens (tertiary/aromatic N) is 1. The molecule has 0 aliphatic rings. The lowest BCUT2D eigenvalue weighted by molar-refractivity contribution is -0.385. The molecule has 0 fully saturated rings. The van der Waals surface area contributed by atoms with Gasteiger partial charge in [0.15, 0.2) is 5.75 Å². The Kier molecular flexibility index (Phi) is 6.06. The fraction of sp³-hybridized carbons (Fsp3) is 0.190. The molecule has 3 aromatic rings. The molecule has 0 bridgehead atoms. The minimum absolute atomic E-state index is 0.117. The quantitative estimate of drug-likeness (QED) is 0.462. The second-order valence-electron chi connectivity index (χ2n) is 6.16. The van der Waals surface area contributed by atoms with Crippen LogP contribution in [-0.2, 0) is 6.42 Å². The van der Waals surface area contributed by atoms with E-state index in [9.17, 15) is 14.9 Å². The van der Waals surface area contributed by atoms with Gasteiger partial charge >= 0.3 is 5.69 Å². The molecule has 1 heterocycles. The molecule has 3 rings (SSSR count). The van der Waals surface area contributed by atoms with Crippen LogP contribution in [0.4, 0.5) is 5.69 Å². The van der Waals surface area contributed by atoms with Gasteiger partial charge in [0.05, 0.1) is 18.1 Å². The number of aryl methyl sites for hydroxylation is 1. The number of hydrogen-bond acceptors (Lipinski definition) is 5. The molecule has 0 aliphatic heterocycles. The monoisotopic (exact) mass is 396 g/mol. The lowest BCUT2D eigenvalue weighted by Gasteiger charge is -2.19. The summed E-state index contributed by atoms with van der Waals surface area (Å²) in [6.07, 6.45) is 0.936. The number of thiophene rings is 1. The Hall–Kier alpha value is -3.19. The Labute approximate surface area is 166 Å². The Balaban J connectivity index is 1.91. The first-order valence-electron chi connectivity index (χ1n) is 8.79. The first-order chi connectivity index (χ1) is 13.5. The van der Waals surface area contributed by atoms with E-state index in [1.54, 1.807) is 11.3 Å². The molecule has 0 saturated heterocycles. The highest BCUT2D eigenvalue weighted by Crippen LogP contribution is 2.29. The van der Waals surface area contributed by atoms with Crippen molar-refractivity contribution in [1.82, 2.24) is 5.32 Å². The maximum Gasteiger partial charge on any atom is 0.311 e. The van der Waals surface area contributed by atoms with E-state index in [0.717, 1.165) is 16.9 Å². The standard InChI is InChI=1S/C21H20N2O4S/c1-3-14-6-8-15(9-7-14)20(19-5-4-12-28-19)22-21(24)16-10-11-18(27-2)17(13-16)23(25)26/h4-13,20H,3H2,1-2H3,(H,22,24)/t20-/m0/s1. The molecule has 28 heavy (non-hydrogen) atoms. The average Bonchev–Trinajstić information content (AvgIpc) is 3.26. The summed E-state index contributed by atoms with van der Waals surface area (Å²) in [5, 5.41) is 16.2. The van der Waals surface area contributed by atoms with Gasteiger partial charge in [-0.3, -0.25) is 14.9 Å². The molecular weight excluding hydrogens is 376 g/mol. The highest BCUT2D eigenvalue weighted by molar-refractivity contribution is 7.10. The molecule has 1 atom stereocenters. The van der Waals surface area contributed by atoms with Crippen molar-refractivity contribution in [3.8, 4) is 5.75 Å². The molecule has 6 nitrogen and oxygen atoms in total. The number of amides is 1. The Morgan fingerprint density at radius 2 is 1.96 bits per heavy atom. The van der Waals surface area contributed by atoms with Crippen LogP contribution < -0.4 is 10.1 Å². The number of methoxy groups -OCH3 is 1. The zero-order valence-corrected chi connectivity index (χ0v) is 16.4. The zero-order valence-electron chi connectivity index (χ0n) is 15.5. The Morgan fingerprint density at radius 3 is 2.54 bits per heavy atom. The molecule has 2 aromatic carbocycles. The van der Waals surface area contributed by atoms with Gasteiger partial charge in [-0.15, -0.1) is 11.3 Å². The van der Waals surface area contributed by atoms with Crippen LogP contribution in [0.1, 0.15) is 39.3 Å². The predicted octanol–water partition coefficient (Wildman–Crippen LogP) is 4.75. The fourth-order valence-corrected chi connectivity index (χ4v) is 3.71. The summed E-state index contributed by atoms with van der Waals surface area (Å²) in [5.41, 5.74) is 2.14. The van der Waals surface area contributed by atoms with Gasteiger partial charge in [0, 0.05) is 16.5 Å². The number of rotatable bonds is 7. The summed E-state index contributed by atoms with van der Waals surface area (Å²) in [5.74, 6) is -0.268. The van der Waals surface area contributed by atoms with Gasteiger partial charge in [-0.1, -0.05) is 37.3 Å². The lowest BCUT2D eigenvalue weighted by Crippen LogP contribution is -2.28. The minimum atomic E-state index is -0.560. The van der Waals surface area contributed by atoms with Gasteiger partial charge in [-0.2, -0.15) is 0 Å². The minimum Gasteiger partial charge on any atom is -0.490 e. The third-order valence-electron chi connectivity index (χ3n) is 4.46. The molecule has 1 N–H and O–H groups in total. The van der Waals surface area contributed by atoms with E-state index in [2.05, 4.69) is 12.2 Å². The van der Waals surface area contributed by atoms with Crippen LogP contribution in [-0.4, -0.2) is 17.9 Å². The number of nitro groups is 1. The van der Waals surface area contributed by atoms with Crippen LogP contribution in [0.3, 0.4) is 0 Å². The molecule has 0 radical (unpaired) electrons. The van der Waals surface area contributed by atoms with E-state index in [1.807, 2.05) is 41.8 Å². The number of nitro benzene ring substituents is 1. The van der Waals surface area contributed by atoms with Crippen molar-refractivity contribution in [1.29, 1.82) is 0 Å². The first kappa shape index (κ1) is 19.6. The van der Waals surface area contributed by atoms with Gasteiger partial charge < -0.3 is 10.1 Å². The number of carbonyl (C=O) groups excluding carboxylic acids is 1. The number of benzene rings is 2. The van der Waals surface area contributed by atoms with E-state index in [0.29, 0.717) is 0 Å². The van der Waals surface area contributed by atoms with Gasteiger partial charge in [0.2, 0.25) is 0 Å². The first-order valence-corrected chi connectivity index (χ1v) is 9.67. The van der Waals surface area contributed by atoms with E-state index in [-0.39, 0.29) is 28.9 Å². The summed E-state index contributed by atoms with van der Waals surface area (Å²) >= 11 is 1.54. The predicted molar refractivity (Wildman–Crippen MR) is 109 cm³/mol. The highest BCUT2D eigenvalue weighted by atomic mass is 32.1. The summed E-state index contributed by atoms with van der Waals surface area (Å²) in [6.45, 7) is 2.09. The topological polar surface area (TPSA) is 81.5 Å². The van der Waals surface area contributed by atoms with Crippen LogP contribution >= 0.6 is 11.3 Å². The number of hydrogen-bond donors (Lipinski definition) is 1. The number of carbonyl (C=O) groups is 1. The van der Waals surface area contributed by atoms with Crippen molar-refractivity contribution in [2.75, 3.05) is 7.11 Å². The third-order valence-corrected chi connectivity index (χ3v) is 5.40. The molecular formula is C21H20N2O4S. The van der Waals surface area contributed by atoms with Gasteiger partial charge in [-0.05, 0) is 41.1 Å². The van der Waals surface area contributed by atoms with Crippen molar-refractivity contribution >= 4 is 22.9 Å². The van der Waals surface area contributed by atoms with E-state index < -0.39 is 4.92 Å². The summed E-state index contributed by atoms with van der Waals surface area (Å²) < 4.78 is 5.00. The van der Waals surface area contributed by atoms with Crippen LogP contribution in [0, 0.1) is 10.1 Å². The van der Waals surface area contributed by atoms with Crippen molar-refractivity contribution in [2.24, 2.45) is 0 Å². The molecule has 7 heteroatoms. The molecule has 144 valence electrons. The van der Waals surface area contributed by atoms with Crippen molar-refractivity contribution < 1.29 is 14.5 Å². The maximum absolute atomic E-state index is 12.9. The van der Waals surface area contributed by atoms with Crippen molar-refractivity contribution in [3.05, 3.63) is 91.7 Å². The Bertz CT molecular complexity index is 969. The zero-order chi connectivity index (χ0) is 20.1. The molecule has 1 amide bonds.